The van der Waals surface area contributed by atoms with Gasteiger partial charge in [0.1, 0.15) is 0 Å². The molecule has 4 heteroatoms. The maximum absolute atomic E-state index is 11.9. The molecule has 1 aliphatic heterocycles. The Morgan fingerprint density at radius 3 is 2.62 bits per heavy atom. The fourth-order valence-corrected chi connectivity index (χ4v) is 3.35. The highest BCUT2D eigenvalue weighted by Gasteiger charge is 2.29. The van der Waals surface area contributed by atoms with E-state index in [-0.39, 0.29) is 11.8 Å². The molecule has 0 aliphatic carbocycles. The van der Waals surface area contributed by atoms with E-state index in [0.717, 1.165) is 29.2 Å². The molecule has 1 aliphatic rings. The highest BCUT2D eigenvalue weighted by molar-refractivity contribution is 8.03. The maximum Gasteiger partial charge on any atom is 0.225 e. The molecule has 3 nitrogen and oxygen atoms in total. The van der Waals surface area contributed by atoms with Crippen LogP contribution < -0.4 is 5.32 Å². The van der Waals surface area contributed by atoms with E-state index < -0.39 is 0 Å². The van der Waals surface area contributed by atoms with Crippen LogP contribution in [0.5, 0.6) is 0 Å². The number of allylic oxidation sites excluding steroid dienone is 1. The summed E-state index contributed by atoms with van der Waals surface area (Å²) in [4.78, 5) is 11.9. The standard InChI is InChI=1S/C17H20N2OS/c1-3-9-21-17-15(11-18)14(10-16(20)19-17)13-7-5-12(4-2)6-8-13/h5-8,14H,3-4,9-10H2,1-2H3,(H,19,20)/t14-/m0/s1. The molecule has 1 aromatic carbocycles. The minimum Gasteiger partial charge on any atom is -0.320 e. The summed E-state index contributed by atoms with van der Waals surface area (Å²) >= 11 is 1.57. The number of carbonyl (C=O) groups excluding carboxylic acids is 1. The predicted octanol–water partition coefficient (Wildman–Crippen LogP) is 3.73. The van der Waals surface area contributed by atoms with E-state index in [0.29, 0.717) is 12.0 Å². The van der Waals surface area contributed by atoms with E-state index >= 15 is 0 Å². The van der Waals surface area contributed by atoms with E-state index in [1.54, 1.807) is 11.8 Å². The van der Waals surface area contributed by atoms with Crippen LogP contribution in [0.25, 0.3) is 0 Å². The Hall–Kier alpha value is -1.73. The van der Waals surface area contributed by atoms with Crippen molar-refractivity contribution in [3.05, 3.63) is 46.0 Å². The number of benzene rings is 1. The molecule has 0 bridgehead atoms. The molecular weight excluding hydrogens is 280 g/mol. The number of rotatable bonds is 5. The van der Waals surface area contributed by atoms with Crippen molar-refractivity contribution in [2.24, 2.45) is 0 Å². The predicted molar refractivity (Wildman–Crippen MR) is 86.7 cm³/mol. The quantitative estimate of drug-likeness (QED) is 0.901. The van der Waals surface area contributed by atoms with Gasteiger partial charge in [-0.25, -0.2) is 0 Å². The molecule has 0 aromatic heterocycles. The van der Waals surface area contributed by atoms with Crippen LogP contribution in [0, 0.1) is 11.3 Å². The molecule has 0 saturated carbocycles. The second-order valence-electron chi connectivity index (χ2n) is 5.10. The highest BCUT2D eigenvalue weighted by atomic mass is 32.2. The van der Waals surface area contributed by atoms with Gasteiger partial charge in [-0.3, -0.25) is 4.79 Å². The Kier molecular flexibility index (Phi) is 5.46. The van der Waals surface area contributed by atoms with E-state index in [2.05, 4.69) is 37.4 Å². The van der Waals surface area contributed by atoms with E-state index in [4.69, 9.17) is 0 Å². The Labute approximate surface area is 130 Å². The first-order valence-electron chi connectivity index (χ1n) is 7.35. The fourth-order valence-electron chi connectivity index (χ4n) is 2.41. The lowest BCUT2D eigenvalue weighted by molar-refractivity contribution is -0.120. The molecule has 1 atom stereocenters. The molecule has 0 saturated heterocycles. The summed E-state index contributed by atoms with van der Waals surface area (Å²) in [6.45, 7) is 4.20. The van der Waals surface area contributed by atoms with Crippen LogP contribution in [0.2, 0.25) is 0 Å². The van der Waals surface area contributed by atoms with Crippen molar-refractivity contribution in [1.82, 2.24) is 5.32 Å². The van der Waals surface area contributed by atoms with Gasteiger partial charge in [0, 0.05) is 12.3 Å². The van der Waals surface area contributed by atoms with Crippen LogP contribution in [-0.2, 0) is 11.2 Å². The molecular formula is C17H20N2OS. The zero-order chi connectivity index (χ0) is 15.2. The first-order chi connectivity index (χ1) is 10.2. The van der Waals surface area contributed by atoms with Gasteiger partial charge in [-0.15, -0.1) is 11.8 Å². The molecule has 0 spiro atoms. The summed E-state index contributed by atoms with van der Waals surface area (Å²) in [5.41, 5.74) is 3.01. The number of nitrogens with one attached hydrogen (secondary N) is 1. The lowest BCUT2D eigenvalue weighted by Gasteiger charge is -2.25. The van der Waals surface area contributed by atoms with E-state index in [9.17, 15) is 10.1 Å². The van der Waals surface area contributed by atoms with Gasteiger partial charge in [0.05, 0.1) is 16.7 Å². The molecule has 1 N–H and O–H groups in total. The van der Waals surface area contributed by atoms with Crippen molar-refractivity contribution in [2.45, 2.75) is 39.0 Å². The average Bonchev–Trinajstić information content (AvgIpc) is 2.52. The molecule has 21 heavy (non-hydrogen) atoms. The van der Waals surface area contributed by atoms with Gasteiger partial charge >= 0.3 is 0 Å². The Bertz CT molecular complexity index is 584. The third-order valence-electron chi connectivity index (χ3n) is 3.60. The van der Waals surface area contributed by atoms with Crippen LogP contribution in [0.1, 0.15) is 43.7 Å². The van der Waals surface area contributed by atoms with Gasteiger partial charge in [-0.2, -0.15) is 5.26 Å². The van der Waals surface area contributed by atoms with Crippen molar-refractivity contribution in [1.29, 1.82) is 5.26 Å². The van der Waals surface area contributed by atoms with Crippen molar-refractivity contribution < 1.29 is 4.79 Å². The zero-order valence-corrected chi connectivity index (χ0v) is 13.3. The number of carbonyl (C=O) groups is 1. The number of nitriles is 1. The monoisotopic (exact) mass is 300 g/mol. The summed E-state index contributed by atoms with van der Waals surface area (Å²) in [5, 5.41) is 13.1. The van der Waals surface area contributed by atoms with Crippen LogP contribution in [0.4, 0.5) is 0 Å². The van der Waals surface area contributed by atoms with Gasteiger partial charge in [-0.05, 0) is 29.7 Å². The number of nitrogens with zero attached hydrogens (tertiary/aromatic N) is 1. The summed E-state index contributed by atoms with van der Waals surface area (Å²) < 4.78 is 0. The molecule has 0 unspecified atom stereocenters. The SMILES string of the molecule is CCCSC1=C(C#N)[C@H](c2ccc(CC)cc2)CC(=O)N1. The molecule has 0 radical (unpaired) electrons. The minimum absolute atomic E-state index is 0.00262. The third kappa shape index (κ3) is 3.68. The largest absolute Gasteiger partial charge is 0.320 e. The van der Waals surface area contributed by atoms with E-state index in [1.165, 1.54) is 5.56 Å². The lowest BCUT2D eigenvalue weighted by Crippen LogP contribution is -2.30. The number of thioether (sulfide) groups is 1. The van der Waals surface area contributed by atoms with Crippen molar-refractivity contribution in [2.75, 3.05) is 5.75 Å². The van der Waals surface area contributed by atoms with Gasteiger partial charge in [0.15, 0.2) is 0 Å². The van der Waals surface area contributed by atoms with Gasteiger partial charge in [0.2, 0.25) is 5.91 Å². The summed E-state index contributed by atoms with van der Waals surface area (Å²) in [6, 6.07) is 10.5. The minimum atomic E-state index is -0.117. The van der Waals surface area contributed by atoms with Crippen molar-refractivity contribution in [3.8, 4) is 6.07 Å². The number of amides is 1. The second kappa shape index (κ2) is 7.33. The first-order valence-corrected chi connectivity index (χ1v) is 8.33. The maximum atomic E-state index is 11.9. The van der Waals surface area contributed by atoms with Crippen LogP contribution in [0.15, 0.2) is 34.9 Å². The van der Waals surface area contributed by atoms with Crippen LogP contribution >= 0.6 is 11.8 Å². The molecule has 110 valence electrons. The molecule has 0 fully saturated rings. The normalized spacial score (nSPS) is 18.3. The van der Waals surface area contributed by atoms with Gasteiger partial charge < -0.3 is 5.32 Å². The molecule has 1 heterocycles. The Morgan fingerprint density at radius 1 is 1.33 bits per heavy atom. The topological polar surface area (TPSA) is 52.9 Å². The number of hydrogen-bond acceptors (Lipinski definition) is 3. The number of hydrogen-bond donors (Lipinski definition) is 1. The first kappa shape index (κ1) is 15.7. The smallest absolute Gasteiger partial charge is 0.225 e. The average molecular weight is 300 g/mol. The van der Waals surface area contributed by atoms with Crippen molar-refractivity contribution in [3.63, 3.8) is 0 Å². The van der Waals surface area contributed by atoms with Crippen LogP contribution in [-0.4, -0.2) is 11.7 Å². The van der Waals surface area contributed by atoms with E-state index in [1.807, 2.05) is 12.1 Å². The number of aryl methyl sites for hydroxylation is 1. The Morgan fingerprint density at radius 2 is 2.05 bits per heavy atom. The van der Waals surface area contributed by atoms with Crippen LogP contribution in [0.3, 0.4) is 0 Å². The van der Waals surface area contributed by atoms with Crippen molar-refractivity contribution >= 4 is 17.7 Å². The lowest BCUT2D eigenvalue weighted by atomic mass is 9.86. The fraction of sp³-hybridized carbons (Fsp3) is 0.412. The summed E-state index contributed by atoms with van der Waals surface area (Å²) in [6.07, 6.45) is 2.35. The molecule has 1 amide bonds. The Balaban J connectivity index is 2.34. The zero-order valence-electron chi connectivity index (χ0n) is 12.5. The summed E-state index contributed by atoms with van der Waals surface area (Å²) in [5.74, 6) is 0.786. The highest BCUT2D eigenvalue weighted by Crippen LogP contribution is 2.36. The van der Waals surface area contributed by atoms with Gasteiger partial charge in [0.25, 0.3) is 0 Å². The third-order valence-corrected chi connectivity index (χ3v) is 4.82. The molecule has 2 rings (SSSR count). The molecule has 1 aromatic rings. The summed E-state index contributed by atoms with van der Waals surface area (Å²) in [7, 11) is 0. The second-order valence-corrected chi connectivity index (χ2v) is 6.21. The van der Waals surface area contributed by atoms with Gasteiger partial charge in [-0.1, -0.05) is 38.1 Å².